The van der Waals surface area contributed by atoms with Gasteiger partial charge < -0.3 is 4.74 Å². The van der Waals surface area contributed by atoms with Crippen LogP contribution in [0.4, 0.5) is 0 Å². The highest BCUT2D eigenvalue weighted by molar-refractivity contribution is 5.85. The lowest BCUT2D eigenvalue weighted by atomic mass is 10.4. The normalized spacial score (nSPS) is 17.1. The van der Waals surface area contributed by atoms with Crippen molar-refractivity contribution in [3.63, 3.8) is 0 Å². The summed E-state index contributed by atoms with van der Waals surface area (Å²) in [5.41, 5.74) is 0. The molecule has 0 aromatic rings. The molecular formula is C4H12AlClO. The van der Waals surface area contributed by atoms with Crippen LogP contribution in [0.1, 0.15) is 12.8 Å². The quantitative estimate of drug-likeness (QED) is 0.430. The molecule has 1 nitrogen and oxygen atoms in total. The minimum Gasteiger partial charge on any atom is -0.381 e. The van der Waals surface area contributed by atoms with Gasteiger partial charge in [-0.2, -0.15) is 0 Å². The Bertz CT molecular complexity index is 23.3. The summed E-state index contributed by atoms with van der Waals surface area (Å²) in [7, 11) is 0. The van der Waals surface area contributed by atoms with E-state index >= 15 is 0 Å². The molecule has 0 unspecified atom stereocenters. The molecule has 44 valence electrons. The molecule has 1 rings (SSSR count). The molecule has 1 saturated heterocycles. The number of rotatable bonds is 0. The van der Waals surface area contributed by atoms with E-state index in [1.165, 1.54) is 12.8 Å². The molecule has 0 radical (unpaired) electrons. The molecule has 1 aliphatic heterocycles. The Morgan fingerprint density at radius 1 is 1.00 bits per heavy atom. The van der Waals surface area contributed by atoms with Gasteiger partial charge in [0.1, 0.15) is 0 Å². The number of halogens is 1. The number of hydrogen-bond acceptors (Lipinski definition) is 1. The van der Waals surface area contributed by atoms with Crippen LogP contribution in [0.5, 0.6) is 0 Å². The fraction of sp³-hybridized carbons (Fsp3) is 1.00. The van der Waals surface area contributed by atoms with Crippen LogP contribution < -0.4 is 0 Å². The second-order valence-corrected chi connectivity index (χ2v) is 1.32. The maximum atomic E-state index is 4.94. The summed E-state index contributed by atoms with van der Waals surface area (Å²) in [5, 5.41) is 0. The maximum absolute atomic E-state index is 4.94. The van der Waals surface area contributed by atoms with E-state index in [0.717, 1.165) is 13.2 Å². The molecule has 0 aliphatic carbocycles. The molecule has 0 spiro atoms. The van der Waals surface area contributed by atoms with Crippen LogP contribution in [0.2, 0.25) is 0 Å². The van der Waals surface area contributed by atoms with Gasteiger partial charge in [0.25, 0.3) is 0 Å². The lowest BCUT2D eigenvalue weighted by Crippen LogP contribution is -1.74. The van der Waals surface area contributed by atoms with E-state index in [2.05, 4.69) is 0 Å². The van der Waals surface area contributed by atoms with E-state index in [1.54, 1.807) is 0 Å². The molecule has 1 fully saturated rings. The first kappa shape index (κ1) is 10.7. The van der Waals surface area contributed by atoms with E-state index in [0.29, 0.717) is 0 Å². The largest absolute Gasteiger partial charge is 0.381 e. The Balaban J connectivity index is 0. The van der Waals surface area contributed by atoms with Crippen molar-refractivity contribution in [3.05, 3.63) is 0 Å². The summed E-state index contributed by atoms with van der Waals surface area (Å²) >= 11 is 0. The predicted octanol–water partition coefficient (Wildman–Crippen LogP) is 0.0347. The minimum absolute atomic E-state index is 0. The van der Waals surface area contributed by atoms with E-state index in [9.17, 15) is 0 Å². The van der Waals surface area contributed by atoms with Crippen LogP contribution >= 0.6 is 12.4 Å². The zero-order valence-corrected chi connectivity index (χ0v) is 4.46. The van der Waals surface area contributed by atoms with Crippen molar-refractivity contribution in [2.45, 2.75) is 12.8 Å². The van der Waals surface area contributed by atoms with Gasteiger partial charge in [0, 0.05) is 13.2 Å². The summed E-state index contributed by atoms with van der Waals surface area (Å²) in [6.07, 6.45) is 2.56. The summed E-state index contributed by atoms with van der Waals surface area (Å²) in [5.74, 6) is 0. The highest BCUT2D eigenvalue weighted by Crippen LogP contribution is 1.98. The molecule has 0 saturated carbocycles. The van der Waals surface area contributed by atoms with Crippen molar-refractivity contribution in [2.24, 2.45) is 0 Å². The topological polar surface area (TPSA) is 9.23 Å². The summed E-state index contributed by atoms with van der Waals surface area (Å²) in [6, 6.07) is 0. The monoisotopic (exact) mass is 138 g/mol. The molecule has 0 N–H and O–H groups in total. The van der Waals surface area contributed by atoms with Crippen molar-refractivity contribution in [3.8, 4) is 0 Å². The van der Waals surface area contributed by atoms with Crippen LogP contribution in [0.15, 0.2) is 0 Å². The van der Waals surface area contributed by atoms with Gasteiger partial charge in [-0.25, -0.2) is 0 Å². The molecule has 1 aliphatic rings. The summed E-state index contributed by atoms with van der Waals surface area (Å²) in [4.78, 5) is 0. The smallest absolute Gasteiger partial charge is 0.187 e. The third kappa shape index (κ3) is 4.64. The lowest BCUT2D eigenvalue weighted by molar-refractivity contribution is 0.198. The Morgan fingerprint density at radius 2 is 1.43 bits per heavy atom. The number of hydrogen-bond donors (Lipinski definition) is 0. The predicted molar refractivity (Wildman–Crippen MR) is 37.2 cm³/mol. The first-order valence-electron chi connectivity index (χ1n) is 2.08. The van der Waals surface area contributed by atoms with Crippen molar-refractivity contribution >= 4 is 29.8 Å². The van der Waals surface area contributed by atoms with Gasteiger partial charge in [-0.05, 0) is 12.8 Å². The minimum atomic E-state index is 0. The van der Waals surface area contributed by atoms with Crippen LogP contribution in [0.3, 0.4) is 0 Å². The Kier molecular flexibility index (Phi) is 10.4. The zero-order chi connectivity index (χ0) is 3.54. The van der Waals surface area contributed by atoms with E-state index < -0.39 is 0 Å². The average Bonchev–Trinajstić information content (AvgIpc) is 1.76. The van der Waals surface area contributed by atoms with Crippen LogP contribution in [0, 0.1) is 0 Å². The van der Waals surface area contributed by atoms with Gasteiger partial charge in [-0.15, -0.1) is 12.4 Å². The molecule has 7 heavy (non-hydrogen) atoms. The molecule has 0 bridgehead atoms. The van der Waals surface area contributed by atoms with Gasteiger partial charge in [0.05, 0.1) is 0 Å². The van der Waals surface area contributed by atoms with Gasteiger partial charge >= 0.3 is 0 Å². The molecule has 3 heteroatoms. The highest BCUT2D eigenvalue weighted by Gasteiger charge is 1.94. The number of ether oxygens (including phenoxy) is 1. The van der Waals surface area contributed by atoms with Crippen LogP contribution in [0.25, 0.3) is 0 Å². The average molecular weight is 139 g/mol. The van der Waals surface area contributed by atoms with Crippen LogP contribution in [-0.2, 0) is 4.74 Å². The van der Waals surface area contributed by atoms with E-state index in [1.807, 2.05) is 0 Å². The Hall–Kier alpha value is 0.782. The van der Waals surface area contributed by atoms with Gasteiger partial charge in [0.15, 0.2) is 17.4 Å². The van der Waals surface area contributed by atoms with E-state index in [-0.39, 0.29) is 29.8 Å². The molecule has 0 amide bonds. The third-order valence-electron chi connectivity index (χ3n) is 0.827. The Labute approximate surface area is 61.0 Å². The SMILES string of the molecule is C1CCOC1.Cl.[AlH3]. The third-order valence-corrected chi connectivity index (χ3v) is 0.827. The maximum Gasteiger partial charge on any atom is 0.187 e. The molecule has 0 atom stereocenters. The Morgan fingerprint density at radius 3 is 1.57 bits per heavy atom. The first-order chi connectivity index (χ1) is 2.50. The van der Waals surface area contributed by atoms with Crippen molar-refractivity contribution in [1.82, 2.24) is 0 Å². The van der Waals surface area contributed by atoms with Gasteiger partial charge in [0.2, 0.25) is 0 Å². The summed E-state index contributed by atoms with van der Waals surface area (Å²) in [6.45, 7) is 2.00. The van der Waals surface area contributed by atoms with Crippen molar-refractivity contribution in [2.75, 3.05) is 13.2 Å². The van der Waals surface area contributed by atoms with Crippen molar-refractivity contribution < 1.29 is 4.74 Å². The second kappa shape index (κ2) is 6.78. The van der Waals surface area contributed by atoms with Gasteiger partial charge in [-0.1, -0.05) is 0 Å². The summed E-state index contributed by atoms with van der Waals surface area (Å²) < 4.78 is 4.94. The highest BCUT2D eigenvalue weighted by atomic mass is 35.5. The molecule has 1 heterocycles. The zero-order valence-electron chi connectivity index (χ0n) is 3.64. The second-order valence-electron chi connectivity index (χ2n) is 1.32. The standard InChI is InChI=1S/C4H8O.Al.ClH.3H/c1-2-4-5-3-1;;;;;/h1-4H2;;1H;;;. The van der Waals surface area contributed by atoms with Crippen molar-refractivity contribution in [1.29, 1.82) is 0 Å². The molecule has 0 aromatic heterocycles. The van der Waals surface area contributed by atoms with E-state index in [4.69, 9.17) is 4.74 Å². The molecule has 0 aromatic carbocycles. The first-order valence-corrected chi connectivity index (χ1v) is 2.08. The molecular weight excluding hydrogens is 126 g/mol. The fourth-order valence-electron chi connectivity index (χ4n) is 0.510. The van der Waals surface area contributed by atoms with Gasteiger partial charge in [-0.3, -0.25) is 0 Å². The fourth-order valence-corrected chi connectivity index (χ4v) is 0.510. The lowest BCUT2D eigenvalue weighted by Gasteiger charge is -1.76. The van der Waals surface area contributed by atoms with Crippen LogP contribution in [-0.4, -0.2) is 30.6 Å².